The number of amides is 1. The minimum Gasteiger partial charge on any atom is -0.495 e. The Morgan fingerprint density at radius 3 is 2.00 bits per heavy atom. The third-order valence-electron chi connectivity index (χ3n) is 3.32. The first-order chi connectivity index (χ1) is 11.3. The molecule has 0 radical (unpaired) electrons. The molecule has 128 valence electrons. The van der Waals surface area contributed by atoms with Gasteiger partial charge in [0, 0.05) is 23.2 Å². The van der Waals surface area contributed by atoms with Crippen molar-refractivity contribution in [2.75, 3.05) is 24.9 Å². The second-order valence-electron chi connectivity index (χ2n) is 6.45. The molecule has 0 atom stereocenters. The molecule has 1 amide bonds. The average molecular weight is 328 g/mol. The monoisotopic (exact) mass is 328 g/mol. The van der Waals surface area contributed by atoms with Gasteiger partial charge in [-0.3, -0.25) is 4.79 Å². The Morgan fingerprint density at radius 1 is 0.917 bits per heavy atom. The van der Waals surface area contributed by atoms with Crippen molar-refractivity contribution >= 4 is 17.3 Å². The molecule has 0 aromatic heterocycles. The molecule has 0 aliphatic heterocycles. The van der Waals surface area contributed by atoms with Crippen LogP contribution in [0.25, 0.3) is 0 Å². The highest BCUT2D eigenvalue weighted by Crippen LogP contribution is 2.37. The molecule has 2 N–H and O–H groups in total. The lowest BCUT2D eigenvalue weighted by Crippen LogP contribution is -2.26. The third kappa shape index (κ3) is 4.41. The summed E-state index contributed by atoms with van der Waals surface area (Å²) in [4.78, 5) is 12.4. The summed E-state index contributed by atoms with van der Waals surface area (Å²) in [5.74, 6) is 0.994. The molecule has 2 aromatic rings. The van der Waals surface area contributed by atoms with Crippen LogP contribution in [0.1, 0.15) is 31.1 Å². The van der Waals surface area contributed by atoms with Gasteiger partial charge in [-0.15, -0.1) is 0 Å². The third-order valence-corrected chi connectivity index (χ3v) is 3.32. The number of hydrogen-bond donors (Lipinski definition) is 2. The lowest BCUT2D eigenvalue weighted by atomic mass is 10.1. The highest BCUT2D eigenvalue weighted by Gasteiger charge is 2.18. The van der Waals surface area contributed by atoms with Gasteiger partial charge < -0.3 is 20.1 Å². The van der Waals surface area contributed by atoms with Gasteiger partial charge >= 0.3 is 0 Å². The Labute approximate surface area is 143 Å². The zero-order chi connectivity index (χ0) is 17.7. The second-order valence-corrected chi connectivity index (χ2v) is 6.45. The summed E-state index contributed by atoms with van der Waals surface area (Å²) in [6.07, 6.45) is 0. The van der Waals surface area contributed by atoms with E-state index in [9.17, 15) is 4.79 Å². The van der Waals surface area contributed by atoms with Gasteiger partial charge in [-0.2, -0.15) is 0 Å². The van der Waals surface area contributed by atoms with Crippen molar-refractivity contribution in [3.63, 3.8) is 0 Å². The van der Waals surface area contributed by atoms with E-state index in [1.807, 2.05) is 24.3 Å². The highest BCUT2D eigenvalue weighted by molar-refractivity contribution is 6.05. The Kier molecular flexibility index (Phi) is 5.34. The summed E-state index contributed by atoms with van der Waals surface area (Å²) in [6.45, 7) is 6.18. The van der Waals surface area contributed by atoms with Crippen LogP contribution >= 0.6 is 0 Å². The first kappa shape index (κ1) is 17.7. The molecule has 0 heterocycles. The number of benzene rings is 2. The van der Waals surface area contributed by atoms with E-state index in [-0.39, 0.29) is 11.4 Å². The van der Waals surface area contributed by atoms with Gasteiger partial charge in [0.05, 0.1) is 25.6 Å². The molecule has 2 aromatic carbocycles. The topological polar surface area (TPSA) is 59.6 Å². The first-order valence-electron chi connectivity index (χ1n) is 7.74. The maximum absolute atomic E-state index is 12.4. The lowest BCUT2D eigenvalue weighted by molar-refractivity contribution is 0.102. The Hall–Kier alpha value is -2.69. The maximum Gasteiger partial charge on any atom is 0.255 e. The quantitative estimate of drug-likeness (QED) is 0.865. The molecule has 5 nitrogen and oxygen atoms in total. The molecule has 2 rings (SSSR count). The molecular weight excluding hydrogens is 304 g/mol. The Bertz CT molecular complexity index is 707. The molecule has 5 heteroatoms. The van der Waals surface area contributed by atoms with Crippen LogP contribution in [0.2, 0.25) is 0 Å². The fourth-order valence-corrected chi connectivity index (χ4v) is 2.28. The van der Waals surface area contributed by atoms with E-state index in [1.54, 1.807) is 32.4 Å². The van der Waals surface area contributed by atoms with E-state index in [0.717, 1.165) is 5.69 Å². The van der Waals surface area contributed by atoms with Gasteiger partial charge in [0.25, 0.3) is 5.91 Å². The summed E-state index contributed by atoms with van der Waals surface area (Å²) in [7, 11) is 3.17. The molecule has 0 saturated heterocycles. The number of anilines is 2. The largest absolute Gasteiger partial charge is 0.495 e. The van der Waals surface area contributed by atoms with Crippen LogP contribution in [-0.4, -0.2) is 25.7 Å². The zero-order valence-corrected chi connectivity index (χ0v) is 14.8. The predicted octanol–water partition coefficient (Wildman–Crippen LogP) is 4.17. The van der Waals surface area contributed by atoms with E-state index in [0.29, 0.717) is 22.7 Å². The Morgan fingerprint density at radius 2 is 1.46 bits per heavy atom. The van der Waals surface area contributed by atoms with Gasteiger partial charge in [-0.25, -0.2) is 0 Å². The van der Waals surface area contributed by atoms with Gasteiger partial charge in [0.2, 0.25) is 0 Å². The zero-order valence-electron chi connectivity index (χ0n) is 14.8. The second kappa shape index (κ2) is 7.25. The normalized spacial score (nSPS) is 10.9. The fourth-order valence-electron chi connectivity index (χ4n) is 2.28. The van der Waals surface area contributed by atoms with Crippen molar-refractivity contribution in [1.29, 1.82) is 0 Å². The van der Waals surface area contributed by atoms with E-state index >= 15 is 0 Å². The summed E-state index contributed by atoms with van der Waals surface area (Å²) < 4.78 is 10.9. The number of ether oxygens (including phenoxy) is 2. The molecular formula is C19H24N2O3. The number of rotatable bonds is 5. The smallest absolute Gasteiger partial charge is 0.255 e. The molecule has 0 saturated carbocycles. The van der Waals surface area contributed by atoms with Crippen LogP contribution in [0.3, 0.4) is 0 Å². The van der Waals surface area contributed by atoms with Crippen molar-refractivity contribution in [3.8, 4) is 11.5 Å². The van der Waals surface area contributed by atoms with Gasteiger partial charge in [0.1, 0.15) is 11.5 Å². The van der Waals surface area contributed by atoms with Crippen LogP contribution in [0.4, 0.5) is 11.4 Å². The molecule has 0 spiro atoms. The van der Waals surface area contributed by atoms with Crippen LogP contribution in [0.15, 0.2) is 42.5 Å². The van der Waals surface area contributed by atoms with E-state index in [4.69, 9.17) is 9.47 Å². The van der Waals surface area contributed by atoms with Crippen molar-refractivity contribution < 1.29 is 14.3 Å². The van der Waals surface area contributed by atoms with E-state index in [1.165, 1.54) is 0 Å². The van der Waals surface area contributed by atoms with Crippen LogP contribution in [0.5, 0.6) is 11.5 Å². The summed E-state index contributed by atoms with van der Waals surface area (Å²) in [5, 5.41) is 6.24. The fraction of sp³-hybridized carbons (Fsp3) is 0.316. The lowest BCUT2D eigenvalue weighted by Gasteiger charge is -2.25. The molecule has 0 aliphatic rings. The van der Waals surface area contributed by atoms with Gasteiger partial charge in [-0.1, -0.05) is 18.2 Å². The number of methoxy groups -OCH3 is 2. The number of carbonyl (C=O) groups excluding carboxylic acids is 1. The van der Waals surface area contributed by atoms with Crippen molar-refractivity contribution in [2.24, 2.45) is 0 Å². The SMILES string of the molecule is COc1cc(NC(C)(C)C)c(OC)cc1NC(=O)c1ccccc1. The van der Waals surface area contributed by atoms with Crippen molar-refractivity contribution in [3.05, 3.63) is 48.0 Å². The molecule has 24 heavy (non-hydrogen) atoms. The molecule has 0 unspecified atom stereocenters. The average Bonchev–Trinajstić information content (AvgIpc) is 2.55. The van der Waals surface area contributed by atoms with Crippen LogP contribution in [0, 0.1) is 0 Å². The number of hydrogen-bond acceptors (Lipinski definition) is 4. The van der Waals surface area contributed by atoms with E-state index < -0.39 is 0 Å². The summed E-state index contributed by atoms with van der Waals surface area (Å²) in [5.41, 5.74) is 1.81. The van der Waals surface area contributed by atoms with Crippen molar-refractivity contribution in [2.45, 2.75) is 26.3 Å². The highest BCUT2D eigenvalue weighted by atomic mass is 16.5. The maximum atomic E-state index is 12.4. The molecule has 0 fully saturated rings. The van der Waals surface area contributed by atoms with Gasteiger partial charge in [-0.05, 0) is 32.9 Å². The van der Waals surface area contributed by atoms with Crippen molar-refractivity contribution in [1.82, 2.24) is 0 Å². The van der Waals surface area contributed by atoms with E-state index in [2.05, 4.69) is 31.4 Å². The molecule has 0 aliphatic carbocycles. The number of nitrogens with one attached hydrogen (secondary N) is 2. The standard InChI is InChI=1S/C19H24N2O3/c1-19(2,3)21-15-12-16(23-4)14(11-17(15)24-5)20-18(22)13-9-7-6-8-10-13/h6-12,21H,1-5H3,(H,20,22). The predicted molar refractivity (Wildman–Crippen MR) is 97.3 cm³/mol. The number of carbonyl (C=O) groups is 1. The first-order valence-corrected chi connectivity index (χ1v) is 7.74. The summed E-state index contributed by atoms with van der Waals surface area (Å²) in [6, 6.07) is 12.6. The van der Waals surface area contributed by atoms with Crippen LogP contribution < -0.4 is 20.1 Å². The molecule has 0 bridgehead atoms. The summed E-state index contributed by atoms with van der Waals surface area (Å²) >= 11 is 0. The minimum absolute atomic E-state index is 0.132. The van der Waals surface area contributed by atoms with Gasteiger partial charge in [0.15, 0.2) is 0 Å². The van der Waals surface area contributed by atoms with Crippen LogP contribution in [-0.2, 0) is 0 Å². The Balaban J connectivity index is 2.34. The minimum atomic E-state index is -0.201.